The van der Waals surface area contributed by atoms with E-state index in [9.17, 15) is 4.79 Å². The zero-order valence-electron chi connectivity index (χ0n) is 14.0. The molecule has 1 fully saturated rings. The normalized spacial score (nSPS) is 17.7. The number of Topliss-reactive ketones (excluding diaryl/α,β-unsaturated/α-hetero) is 1. The van der Waals surface area contributed by atoms with Crippen molar-refractivity contribution in [3.8, 4) is 5.75 Å². The Kier molecular flexibility index (Phi) is 6.44. The maximum atomic E-state index is 12.1. The van der Waals surface area contributed by atoms with Crippen LogP contribution in [-0.4, -0.2) is 26.0 Å². The smallest absolute Gasteiger partial charge is 0.164 e. The van der Waals surface area contributed by atoms with E-state index in [0.717, 1.165) is 17.9 Å². The van der Waals surface area contributed by atoms with Gasteiger partial charge in [0.25, 0.3) is 0 Å². The van der Waals surface area contributed by atoms with E-state index in [1.54, 1.807) is 0 Å². The molecule has 0 saturated heterocycles. The molecule has 0 amide bonds. The van der Waals surface area contributed by atoms with Gasteiger partial charge in [-0.3, -0.25) is 4.79 Å². The summed E-state index contributed by atoms with van der Waals surface area (Å²) in [4.78, 5) is 12.1. The van der Waals surface area contributed by atoms with Gasteiger partial charge in [0.15, 0.2) is 5.78 Å². The quantitative estimate of drug-likeness (QED) is 0.605. The Balaban J connectivity index is 1.93. The Hall–Kier alpha value is -1.35. The molecule has 0 unspecified atom stereocenters. The molecule has 1 saturated carbocycles. The van der Waals surface area contributed by atoms with Crippen LogP contribution in [0.4, 0.5) is 0 Å². The number of hydrogen-bond acceptors (Lipinski definition) is 3. The molecule has 1 N–H and O–H groups in total. The van der Waals surface area contributed by atoms with Crippen molar-refractivity contribution in [3.63, 3.8) is 0 Å². The highest BCUT2D eigenvalue weighted by Crippen LogP contribution is 2.35. The lowest BCUT2D eigenvalue weighted by atomic mass is 9.83. The van der Waals surface area contributed by atoms with Crippen LogP contribution in [0.15, 0.2) is 24.3 Å². The van der Waals surface area contributed by atoms with Crippen LogP contribution >= 0.6 is 0 Å². The standard InChI is InChI=1S/C19H29NO2/c1-19(11-5-3-4-6-12-19)15-22-17-9-7-8-16(14-17)18(21)10-13-20-2/h7-9,14,20H,3-6,10-13,15H2,1-2H3. The Labute approximate surface area is 134 Å². The molecule has 122 valence electrons. The zero-order chi connectivity index (χ0) is 15.8. The van der Waals surface area contributed by atoms with Crippen LogP contribution in [0, 0.1) is 5.41 Å². The molecule has 1 aliphatic carbocycles. The number of hydrogen-bond donors (Lipinski definition) is 1. The van der Waals surface area contributed by atoms with Crippen LogP contribution in [0.25, 0.3) is 0 Å². The van der Waals surface area contributed by atoms with Gasteiger partial charge in [0.1, 0.15) is 5.75 Å². The van der Waals surface area contributed by atoms with Gasteiger partial charge < -0.3 is 10.1 Å². The third-order valence-corrected chi connectivity index (χ3v) is 4.66. The fourth-order valence-corrected chi connectivity index (χ4v) is 3.13. The van der Waals surface area contributed by atoms with Gasteiger partial charge in [-0.05, 0) is 32.0 Å². The topological polar surface area (TPSA) is 38.3 Å². The van der Waals surface area contributed by atoms with Crippen molar-refractivity contribution in [2.75, 3.05) is 20.2 Å². The van der Waals surface area contributed by atoms with Gasteiger partial charge in [-0.1, -0.05) is 44.7 Å². The first kappa shape index (κ1) is 17.0. The van der Waals surface area contributed by atoms with Gasteiger partial charge in [0.05, 0.1) is 6.61 Å². The summed E-state index contributed by atoms with van der Waals surface area (Å²) in [6, 6.07) is 7.63. The van der Waals surface area contributed by atoms with Gasteiger partial charge in [-0.2, -0.15) is 0 Å². The van der Waals surface area contributed by atoms with E-state index in [4.69, 9.17) is 4.74 Å². The Morgan fingerprint density at radius 1 is 1.23 bits per heavy atom. The van der Waals surface area contributed by atoms with Crippen LogP contribution in [0.1, 0.15) is 62.2 Å². The number of ether oxygens (including phenoxy) is 1. The fourth-order valence-electron chi connectivity index (χ4n) is 3.13. The molecule has 0 atom stereocenters. The van der Waals surface area contributed by atoms with E-state index in [-0.39, 0.29) is 11.2 Å². The minimum atomic E-state index is 0.167. The average Bonchev–Trinajstić information content (AvgIpc) is 2.76. The highest BCUT2D eigenvalue weighted by Gasteiger charge is 2.26. The molecular formula is C19H29NO2. The highest BCUT2D eigenvalue weighted by atomic mass is 16.5. The summed E-state index contributed by atoms with van der Waals surface area (Å²) in [7, 11) is 1.86. The van der Waals surface area contributed by atoms with E-state index in [1.807, 2.05) is 31.3 Å². The van der Waals surface area contributed by atoms with Crippen molar-refractivity contribution in [3.05, 3.63) is 29.8 Å². The molecule has 1 aromatic rings. The van der Waals surface area contributed by atoms with Crippen molar-refractivity contribution in [2.45, 2.75) is 51.9 Å². The summed E-state index contributed by atoms with van der Waals surface area (Å²) < 4.78 is 6.03. The summed E-state index contributed by atoms with van der Waals surface area (Å²) in [5, 5.41) is 3.01. The van der Waals surface area contributed by atoms with Crippen LogP contribution in [0.5, 0.6) is 5.75 Å². The van der Waals surface area contributed by atoms with Crippen LogP contribution in [0.3, 0.4) is 0 Å². The lowest BCUT2D eigenvalue weighted by Crippen LogP contribution is -2.24. The first-order chi connectivity index (χ1) is 10.6. The van der Waals surface area contributed by atoms with Gasteiger partial charge in [-0.25, -0.2) is 0 Å². The molecule has 22 heavy (non-hydrogen) atoms. The Morgan fingerprint density at radius 2 is 1.95 bits per heavy atom. The molecule has 0 aliphatic heterocycles. The minimum Gasteiger partial charge on any atom is -0.493 e. The van der Waals surface area contributed by atoms with Crippen molar-refractivity contribution >= 4 is 5.78 Å². The van der Waals surface area contributed by atoms with Gasteiger partial charge in [-0.15, -0.1) is 0 Å². The first-order valence-electron chi connectivity index (χ1n) is 8.54. The molecule has 1 aromatic carbocycles. The lowest BCUT2D eigenvalue weighted by Gasteiger charge is -2.28. The van der Waals surface area contributed by atoms with Crippen LogP contribution < -0.4 is 10.1 Å². The predicted octanol–water partition coefficient (Wildman–Crippen LogP) is 4.22. The molecule has 2 rings (SSSR count). The molecule has 0 aromatic heterocycles. The van der Waals surface area contributed by atoms with E-state index < -0.39 is 0 Å². The number of benzene rings is 1. The molecule has 3 heteroatoms. The molecule has 3 nitrogen and oxygen atoms in total. The van der Waals surface area contributed by atoms with Crippen molar-refractivity contribution < 1.29 is 9.53 Å². The van der Waals surface area contributed by atoms with Crippen LogP contribution in [-0.2, 0) is 0 Å². The summed E-state index contributed by atoms with van der Waals surface area (Å²) in [6.07, 6.45) is 8.33. The second-order valence-corrected chi connectivity index (χ2v) is 6.82. The number of carbonyl (C=O) groups excluding carboxylic acids is 1. The van der Waals surface area contributed by atoms with Crippen molar-refractivity contribution in [1.29, 1.82) is 0 Å². The number of ketones is 1. The molecule has 0 spiro atoms. The van der Waals surface area contributed by atoms with E-state index >= 15 is 0 Å². The van der Waals surface area contributed by atoms with Crippen molar-refractivity contribution in [1.82, 2.24) is 5.32 Å². The third-order valence-electron chi connectivity index (χ3n) is 4.66. The second-order valence-electron chi connectivity index (χ2n) is 6.82. The second kappa shape index (κ2) is 8.33. The lowest BCUT2D eigenvalue weighted by molar-refractivity contribution is 0.0982. The van der Waals surface area contributed by atoms with Gasteiger partial charge in [0, 0.05) is 23.9 Å². The molecule has 1 aliphatic rings. The summed E-state index contributed by atoms with van der Waals surface area (Å²) in [6.45, 7) is 3.80. The molecular weight excluding hydrogens is 274 g/mol. The SMILES string of the molecule is CNCCC(=O)c1cccc(OCC2(C)CCCCCC2)c1. The average molecular weight is 303 g/mol. The molecule has 0 bridgehead atoms. The molecule has 0 heterocycles. The van der Waals surface area contributed by atoms with Gasteiger partial charge >= 0.3 is 0 Å². The third kappa shape index (κ3) is 5.13. The van der Waals surface area contributed by atoms with Gasteiger partial charge in [0.2, 0.25) is 0 Å². The molecule has 0 radical (unpaired) electrons. The number of carbonyl (C=O) groups is 1. The summed E-state index contributed by atoms with van der Waals surface area (Å²) in [5.41, 5.74) is 1.03. The predicted molar refractivity (Wildman–Crippen MR) is 90.6 cm³/mol. The minimum absolute atomic E-state index is 0.167. The monoisotopic (exact) mass is 303 g/mol. The fraction of sp³-hybridized carbons (Fsp3) is 0.632. The Bertz CT molecular complexity index is 476. The zero-order valence-corrected chi connectivity index (χ0v) is 14.0. The number of nitrogens with one attached hydrogen (secondary N) is 1. The van der Waals surface area contributed by atoms with Crippen molar-refractivity contribution in [2.24, 2.45) is 5.41 Å². The maximum absolute atomic E-state index is 12.1. The Morgan fingerprint density at radius 3 is 2.64 bits per heavy atom. The van der Waals surface area contributed by atoms with E-state index in [1.165, 1.54) is 38.5 Å². The summed E-state index contributed by atoms with van der Waals surface area (Å²) >= 11 is 0. The summed E-state index contributed by atoms with van der Waals surface area (Å²) in [5.74, 6) is 0.987. The number of rotatable bonds is 7. The highest BCUT2D eigenvalue weighted by molar-refractivity contribution is 5.96. The van der Waals surface area contributed by atoms with E-state index in [2.05, 4.69) is 12.2 Å². The largest absolute Gasteiger partial charge is 0.493 e. The van der Waals surface area contributed by atoms with E-state index in [0.29, 0.717) is 13.0 Å². The maximum Gasteiger partial charge on any atom is 0.164 e. The first-order valence-corrected chi connectivity index (χ1v) is 8.54. The van der Waals surface area contributed by atoms with Crippen LogP contribution in [0.2, 0.25) is 0 Å².